The predicted molar refractivity (Wildman–Crippen MR) is 147 cm³/mol. The van der Waals surface area contributed by atoms with E-state index < -0.39 is 16.9 Å². The van der Waals surface area contributed by atoms with Gasteiger partial charge in [0.15, 0.2) is 4.80 Å². The Morgan fingerprint density at radius 3 is 2.62 bits per heavy atom. The molecule has 0 bridgehead atoms. The molecule has 2 aromatic carbocycles. The summed E-state index contributed by atoms with van der Waals surface area (Å²) in [6.07, 6.45) is 1.62. The quantitative estimate of drug-likeness (QED) is 0.186. The van der Waals surface area contributed by atoms with Crippen molar-refractivity contribution in [2.75, 3.05) is 6.61 Å². The Bertz CT molecular complexity index is 1830. The first-order chi connectivity index (χ1) is 18.7. The average molecular weight is 564 g/mol. The van der Waals surface area contributed by atoms with Crippen LogP contribution in [-0.4, -0.2) is 22.1 Å². The first-order valence-corrected chi connectivity index (χ1v) is 13.2. The third kappa shape index (κ3) is 4.96. The zero-order valence-electron chi connectivity index (χ0n) is 21.1. The predicted octanol–water partition coefficient (Wildman–Crippen LogP) is 4.93. The van der Waals surface area contributed by atoms with Gasteiger partial charge in [-0.3, -0.25) is 19.5 Å². The van der Waals surface area contributed by atoms with Crippen LogP contribution < -0.4 is 14.9 Å². The lowest BCUT2D eigenvalue weighted by Crippen LogP contribution is -2.39. The van der Waals surface area contributed by atoms with E-state index in [9.17, 15) is 19.7 Å². The highest BCUT2D eigenvalue weighted by molar-refractivity contribution is 7.07. The first kappa shape index (κ1) is 26.3. The zero-order chi connectivity index (χ0) is 27.8. The number of hydrogen-bond acceptors (Lipinski definition) is 8. The van der Waals surface area contributed by atoms with Gasteiger partial charge in [0.25, 0.3) is 11.2 Å². The van der Waals surface area contributed by atoms with Gasteiger partial charge in [0.05, 0.1) is 33.4 Å². The normalized spacial score (nSPS) is 15.2. The molecular formula is C28H22ClN3O6S. The van der Waals surface area contributed by atoms with Crippen LogP contribution in [0.25, 0.3) is 17.4 Å². The topological polar surface area (TPSA) is 117 Å². The van der Waals surface area contributed by atoms with Crippen LogP contribution in [0.15, 0.2) is 80.1 Å². The molecule has 0 amide bonds. The number of thiazole rings is 1. The number of furan rings is 1. The maximum Gasteiger partial charge on any atom is 0.338 e. The molecule has 4 aromatic rings. The van der Waals surface area contributed by atoms with E-state index in [1.54, 1.807) is 69.3 Å². The van der Waals surface area contributed by atoms with Crippen LogP contribution in [0.4, 0.5) is 5.69 Å². The van der Waals surface area contributed by atoms with Gasteiger partial charge < -0.3 is 9.15 Å². The van der Waals surface area contributed by atoms with E-state index in [0.717, 1.165) is 0 Å². The van der Waals surface area contributed by atoms with Crippen molar-refractivity contribution in [2.45, 2.75) is 26.8 Å². The van der Waals surface area contributed by atoms with Crippen molar-refractivity contribution in [1.82, 2.24) is 4.57 Å². The lowest BCUT2D eigenvalue weighted by molar-refractivity contribution is -0.384. The highest BCUT2D eigenvalue weighted by atomic mass is 35.5. The third-order valence-corrected chi connectivity index (χ3v) is 7.52. The lowest BCUT2D eigenvalue weighted by Gasteiger charge is -2.24. The lowest BCUT2D eigenvalue weighted by atomic mass is 9.96. The molecule has 1 atom stereocenters. The van der Waals surface area contributed by atoms with Crippen molar-refractivity contribution >= 4 is 40.7 Å². The molecule has 0 aliphatic carbocycles. The molecule has 1 unspecified atom stereocenters. The number of hydrogen-bond donors (Lipinski definition) is 0. The smallest absolute Gasteiger partial charge is 0.338 e. The molecule has 39 heavy (non-hydrogen) atoms. The fourth-order valence-electron chi connectivity index (χ4n) is 4.49. The number of nitrogens with zero attached hydrogens (tertiary/aromatic N) is 3. The number of ether oxygens (including phenoxy) is 1. The SMILES string of the molecule is CCOC(=O)C1=C(C)N=c2sc(=Cc3ccc(-c4ccc([N+](=O)[O-])cc4C)o3)c(=O)n2C1c1ccc(Cl)cc1. The number of esters is 1. The standard InChI is InChI=1S/C28H22ClN3O6S/c1-4-37-27(34)24-16(3)30-28-31(25(24)17-5-7-18(29)8-6-17)26(33)23(39-28)14-20-10-12-22(38-20)21-11-9-19(32(35)36)13-15(21)2/h5-14,25H,4H2,1-3H3. The summed E-state index contributed by atoms with van der Waals surface area (Å²) >= 11 is 7.28. The minimum Gasteiger partial charge on any atom is -0.463 e. The van der Waals surface area contributed by atoms with Crippen molar-refractivity contribution in [3.63, 3.8) is 0 Å². The molecule has 9 nitrogen and oxygen atoms in total. The van der Waals surface area contributed by atoms with Gasteiger partial charge in [-0.1, -0.05) is 35.1 Å². The molecule has 1 aliphatic rings. The highest BCUT2D eigenvalue weighted by Crippen LogP contribution is 2.32. The van der Waals surface area contributed by atoms with Crippen LogP contribution in [0.1, 0.15) is 36.8 Å². The summed E-state index contributed by atoms with van der Waals surface area (Å²) in [5.41, 5.74) is 2.50. The number of halogens is 1. The molecule has 0 saturated heterocycles. The second-order valence-electron chi connectivity index (χ2n) is 8.81. The van der Waals surface area contributed by atoms with Gasteiger partial charge in [0, 0.05) is 28.8 Å². The van der Waals surface area contributed by atoms with E-state index in [0.29, 0.717) is 48.3 Å². The van der Waals surface area contributed by atoms with Gasteiger partial charge in [-0.05, 0) is 62.2 Å². The largest absolute Gasteiger partial charge is 0.463 e. The van der Waals surface area contributed by atoms with Gasteiger partial charge in [-0.25, -0.2) is 9.79 Å². The van der Waals surface area contributed by atoms with E-state index in [4.69, 9.17) is 20.8 Å². The first-order valence-electron chi connectivity index (χ1n) is 12.0. The number of carbonyl (C=O) groups is 1. The van der Waals surface area contributed by atoms with E-state index in [1.165, 1.54) is 28.0 Å². The molecule has 0 N–H and O–H groups in total. The molecule has 3 heterocycles. The minimum atomic E-state index is -0.741. The van der Waals surface area contributed by atoms with Crippen molar-refractivity contribution in [3.05, 3.63) is 118 Å². The van der Waals surface area contributed by atoms with Crippen LogP contribution in [0.2, 0.25) is 5.02 Å². The van der Waals surface area contributed by atoms with Crippen molar-refractivity contribution < 1.29 is 18.9 Å². The fraction of sp³-hybridized carbons (Fsp3) is 0.179. The number of aryl methyl sites for hydroxylation is 1. The molecule has 198 valence electrons. The minimum absolute atomic E-state index is 0.00291. The number of allylic oxidation sites excluding steroid dienone is 1. The molecule has 0 saturated carbocycles. The van der Waals surface area contributed by atoms with E-state index in [-0.39, 0.29) is 23.4 Å². The van der Waals surface area contributed by atoms with Gasteiger partial charge in [0.1, 0.15) is 11.5 Å². The summed E-state index contributed by atoms with van der Waals surface area (Å²) in [4.78, 5) is 42.3. The summed E-state index contributed by atoms with van der Waals surface area (Å²) in [7, 11) is 0. The van der Waals surface area contributed by atoms with Gasteiger partial charge in [0.2, 0.25) is 0 Å². The summed E-state index contributed by atoms with van der Waals surface area (Å²) in [5, 5.41) is 11.6. The van der Waals surface area contributed by atoms with Crippen molar-refractivity contribution in [3.8, 4) is 11.3 Å². The zero-order valence-corrected chi connectivity index (χ0v) is 22.7. The van der Waals surface area contributed by atoms with Crippen LogP contribution in [0.5, 0.6) is 0 Å². The molecular weight excluding hydrogens is 542 g/mol. The molecule has 2 aromatic heterocycles. The Morgan fingerprint density at radius 1 is 1.21 bits per heavy atom. The molecule has 0 spiro atoms. The Balaban J connectivity index is 1.60. The number of non-ortho nitro benzene ring substituents is 1. The number of carbonyl (C=O) groups excluding carboxylic acids is 1. The molecule has 5 rings (SSSR count). The summed E-state index contributed by atoms with van der Waals surface area (Å²) in [6, 6.07) is 14.2. The summed E-state index contributed by atoms with van der Waals surface area (Å²) < 4.78 is 13.1. The Labute approximate surface area is 231 Å². The molecule has 0 fully saturated rings. The van der Waals surface area contributed by atoms with Crippen LogP contribution >= 0.6 is 22.9 Å². The van der Waals surface area contributed by atoms with Crippen molar-refractivity contribution in [2.24, 2.45) is 4.99 Å². The van der Waals surface area contributed by atoms with Gasteiger partial charge >= 0.3 is 5.97 Å². The van der Waals surface area contributed by atoms with Crippen LogP contribution in [-0.2, 0) is 9.53 Å². The maximum atomic E-state index is 13.7. The third-order valence-electron chi connectivity index (χ3n) is 6.29. The maximum absolute atomic E-state index is 13.7. The number of nitro benzene ring substituents is 1. The molecule has 0 radical (unpaired) electrons. The molecule has 11 heteroatoms. The van der Waals surface area contributed by atoms with Gasteiger partial charge in [-0.15, -0.1) is 0 Å². The Morgan fingerprint density at radius 2 is 1.95 bits per heavy atom. The summed E-state index contributed by atoms with van der Waals surface area (Å²) in [5.74, 6) is 0.403. The summed E-state index contributed by atoms with van der Waals surface area (Å²) in [6.45, 7) is 5.39. The van der Waals surface area contributed by atoms with Crippen LogP contribution in [0.3, 0.4) is 0 Å². The Kier molecular flexibility index (Phi) is 7.07. The van der Waals surface area contributed by atoms with Crippen LogP contribution in [0, 0.1) is 17.0 Å². The monoisotopic (exact) mass is 563 g/mol. The average Bonchev–Trinajstić information content (AvgIpc) is 3.48. The second-order valence-corrected chi connectivity index (χ2v) is 10.3. The van der Waals surface area contributed by atoms with Gasteiger partial charge in [-0.2, -0.15) is 0 Å². The van der Waals surface area contributed by atoms with E-state index in [2.05, 4.69) is 4.99 Å². The highest BCUT2D eigenvalue weighted by Gasteiger charge is 2.33. The number of aromatic nitrogens is 1. The molecule has 1 aliphatic heterocycles. The van der Waals surface area contributed by atoms with Crippen molar-refractivity contribution in [1.29, 1.82) is 0 Å². The number of nitro groups is 1. The second kappa shape index (κ2) is 10.5. The number of benzene rings is 2. The van der Waals surface area contributed by atoms with E-state index >= 15 is 0 Å². The number of fused-ring (bicyclic) bond motifs is 1. The van der Waals surface area contributed by atoms with E-state index in [1.807, 2.05) is 0 Å². The fourth-order valence-corrected chi connectivity index (χ4v) is 5.65. The Hall–Kier alpha value is -4.28. The number of rotatable bonds is 6.